The van der Waals surface area contributed by atoms with Crippen molar-refractivity contribution in [1.82, 2.24) is 0 Å². The summed E-state index contributed by atoms with van der Waals surface area (Å²) in [7, 11) is -0.410. The van der Waals surface area contributed by atoms with Crippen LogP contribution in [0.15, 0.2) is 11.5 Å². The molecule has 2 nitrogen and oxygen atoms in total. The van der Waals surface area contributed by atoms with Crippen LogP contribution in [0, 0.1) is 5.41 Å². The van der Waals surface area contributed by atoms with Gasteiger partial charge < -0.3 is 9.31 Å². The van der Waals surface area contributed by atoms with Crippen LogP contribution in [0.1, 0.15) is 54.9 Å². The predicted octanol–water partition coefficient (Wildman–Crippen LogP) is 3.70. The summed E-state index contributed by atoms with van der Waals surface area (Å²) in [6, 6.07) is 0. The van der Waals surface area contributed by atoms with E-state index in [9.17, 15) is 4.39 Å². The molecule has 0 N–H and O–H groups in total. The zero-order valence-corrected chi connectivity index (χ0v) is 12.6. The molecule has 1 unspecified atom stereocenters. The van der Waals surface area contributed by atoms with Gasteiger partial charge in [0, 0.05) is 5.41 Å². The van der Waals surface area contributed by atoms with Crippen LogP contribution < -0.4 is 0 Å². The number of rotatable bonds is 1. The van der Waals surface area contributed by atoms with Crippen LogP contribution in [0.25, 0.3) is 0 Å². The minimum absolute atomic E-state index is 0.363. The van der Waals surface area contributed by atoms with E-state index in [0.717, 1.165) is 5.47 Å². The molecule has 1 aliphatic carbocycles. The highest BCUT2D eigenvalue weighted by Crippen LogP contribution is 2.50. The Bertz CT molecular complexity index is 381. The first-order chi connectivity index (χ1) is 7.88. The molecule has 2 aliphatic rings. The second-order valence-electron chi connectivity index (χ2n) is 7.44. The van der Waals surface area contributed by atoms with Gasteiger partial charge in [0.25, 0.3) is 0 Å². The lowest BCUT2D eigenvalue weighted by Gasteiger charge is -2.32. The van der Waals surface area contributed by atoms with E-state index in [4.69, 9.17) is 9.31 Å². The van der Waals surface area contributed by atoms with Gasteiger partial charge in [-0.3, -0.25) is 0 Å². The van der Waals surface area contributed by atoms with Crippen molar-refractivity contribution < 1.29 is 13.7 Å². The monoisotopic (exact) mass is 254 g/mol. The highest BCUT2D eigenvalue weighted by atomic mass is 19.1. The summed E-state index contributed by atoms with van der Waals surface area (Å²) in [5.74, 6) is 0. The molecule has 0 radical (unpaired) electrons. The van der Waals surface area contributed by atoms with Gasteiger partial charge in [-0.1, -0.05) is 19.9 Å². The Morgan fingerprint density at radius 1 is 1.00 bits per heavy atom. The molecule has 1 atom stereocenters. The van der Waals surface area contributed by atoms with Gasteiger partial charge in [0.1, 0.15) is 5.67 Å². The Kier molecular flexibility index (Phi) is 2.82. The lowest BCUT2D eigenvalue weighted by molar-refractivity contribution is 0.00578. The molecule has 0 aromatic heterocycles. The quantitative estimate of drug-likeness (QED) is 0.664. The normalized spacial score (nSPS) is 36.9. The van der Waals surface area contributed by atoms with Gasteiger partial charge in [-0.2, -0.15) is 0 Å². The molecule has 0 spiro atoms. The smallest absolute Gasteiger partial charge is 0.400 e. The summed E-state index contributed by atoms with van der Waals surface area (Å²) in [4.78, 5) is 0. The van der Waals surface area contributed by atoms with Crippen molar-refractivity contribution in [3.63, 3.8) is 0 Å². The second kappa shape index (κ2) is 3.60. The molecule has 1 aliphatic heterocycles. The Hall–Kier alpha value is -0.345. The van der Waals surface area contributed by atoms with Gasteiger partial charge in [0.05, 0.1) is 11.2 Å². The maximum Gasteiger partial charge on any atom is 0.490 e. The van der Waals surface area contributed by atoms with Gasteiger partial charge in [-0.15, -0.1) is 0 Å². The molecule has 1 fully saturated rings. The molecule has 102 valence electrons. The minimum atomic E-state index is -1.30. The van der Waals surface area contributed by atoms with Crippen molar-refractivity contribution in [3.8, 4) is 0 Å². The number of hydrogen-bond donors (Lipinski definition) is 0. The van der Waals surface area contributed by atoms with Crippen LogP contribution in [0.3, 0.4) is 0 Å². The first-order valence-corrected chi connectivity index (χ1v) is 6.64. The van der Waals surface area contributed by atoms with Crippen LogP contribution >= 0.6 is 0 Å². The van der Waals surface area contributed by atoms with E-state index in [-0.39, 0.29) is 11.2 Å². The molecule has 2 rings (SSSR count). The third kappa shape index (κ3) is 1.94. The van der Waals surface area contributed by atoms with Gasteiger partial charge in [-0.25, -0.2) is 4.39 Å². The maximum absolute atomic E-state index is 14.5. The molecule has 4 heteroatoms. The summed E-state index contributed by atoms with van der Waals surface area (Å²) in [6.07, 6.45) is 2.37. The van der Waals surface area contributed by atoms with Gasteiger partial charge in [0.2, 0.25) is 0 Å². The van der Waals surface area contributed by atoms with Gasteiger partial charge in [0.15, 0.2) is 0 Å². The number of hydrogen-bond acceptors (Lipinski definition) is 2. The lowest BCUT2D eigenvalue weighted by Crippen LogP contribution is -2.41. The zero-order valence-electron chi connectivity index (χ0n) is 12.6. The van der Waals surface area contributed by atoms with Crippen molar-refractivity contribution in [2.24, 2.45) is 5.41 Å². The van der Waals surface area contributed by atoms with E-state index in [1.54, 1.807) is 13.0 Å². The van der Waals surface area contributed by atoms with E-state index < -0.39 is 18.2 Å². The molecule has 0 saturated carbocycles. The fourth-order valence-electron chi connectivity index (χ4n) is 2.42. The topological polar surface area (TPSA) is 18.5 Å². The summed E-state index contributed by atoms with van der Waals surface area (Å²) >= 11 is 0. The van der Waals surface area contributed by atoms with Crippen LogP contribution in [0.5, 0.6) is 0 Å². The summed E-state index contributed by atoms with van der Waals surface area (Å²) in [5.41, 5.74) is -1.49. The molecule has 0 aromatic carbocycles. The Labute approximate surface area is 110 Å². The van der Waals surface area contributed by atoms with Crippen LogP contribution in [-0.2, 0) is 9.31 Å². The van der Waals surface area contributed by atoms with E-state index in [2.05, 4.69) is 0 Å². The fourth-order valence-corrected chi connectivity index (χ4v) is 2.42. The average Bonchev–Trinajstić information content (AvgIpc) is 2.45. The van der Waals surface area contributed by atoms with E-state index in [1.807, 2.05) is 41.5 Å². The molecule has 18 heavy (non-hydrogen) atoms. The lowest BCUT2D eigenvalue weighted by atomic mass is 9.73. The highest BCUT2D eigenvalue weighted by molar-refractivity contribution is 6.54. The second-order valence-corrected chi connectivity index (χ2v) is 7.44. The fraction of sp³-hybridized carbons (Fsp3) is 0.857. The average molecular weight is 254 g/mol. The Morgan fingerprint density at radius 2 is 1.44 bits per heavy atom. The first-order valence-electron chi connectivity index (χ1n) is 6.64. The van der Waals surface area contributed by atoms with Crippen molar-refractivity contribution in [1.29, 1.82) is 0 Å². The highest BCUT2D eigenvalue weighted by Gasteiger charge is 2.56. The molecular formula is C14H24BFO2. The standard InChI is InChI=1S/C14H24BFO2/c1-11(2)8-10(9-14(11,7)16)15-17-12(3,4)13(5,6)18-15/h9H,8H2,1-7H3. The van der Waals surface area contributed by atoms with Crippen molar-refractivity contribution in [2.45, 2.75) is 71.8 Å². The molecule has 0 aromatic rings. The summed E-state index contributed by atoms with van der Waals surface area (Å²) in [6.45, 7) is 13.6. The van der Waals surface area contributed by atoms with Crippen molar-refractivity contribution in [2.75, 3.05) is 0 Å². The first kappa shape index (κ1) is 14.1. The molecular weight excluding hydrogens is 230 g/mol. The van der Waals surface area contributed by atoms with Crippen LogP contribution in [0.4, 0.5) is 4.39 Å². The SMILES string of the molecule is CC1(F)C=C(B2OC(C)(C)C(C)(C)O2)CC1(C)C. The largest absolute Gasteiger partial charge is 0.490 e. The molecule has 1 saturated heterocycles. The van der Waals surface area contributed by atoms with E-state index in [1.165, 1.54) is 0 Å². The van der Waals surface area contributed by atoms with Crippen molar-refractivity contribution >= 4 is 7.12 Å². The number of alkyl halides is 1. The number of halogens is 1. The molecule has 0 amide bonds. The Balaban J connectivity index is 2.23. The summed E-state index contributed by atoms with van der Waals surface area (Å²) in [5, 5.41) is 0. The van der Waals surface area contributed by atoms with Crippen LogP contribution in [0.2, 0.25) is 0 Å². The third-order valence-electron chi connectivity index (χ3n) is 4.98. The number of allylic oxidation sites excluding steroid dienone is 2. The maximum atomic E-state index is 14.5. The van der Waals surface area contributed by atoms with Crippen LogP contribution in [-0.4, -0.2) is 24.0 Å². The van der Waals surface area contributed by atoms with Crippen molar-refractivity contribution in [3.05, 3.63) is 11.5 Å². The molecule has 1 heterocycles. The van der Waals surface area contributed by atoms with Gasteiger partial charge >= 0.3 is 7.12 Å². The predicted molar refractivity (Wildman–Crippen MR) is 72.1 cm³/mol. The summed E-state index contributed by atoms with van der Waals surface area (Å²) < 4.78 is 26.4. The third-order valence-corrected chi connectivity index (χ3v) is 4.98. The van der Waals surface area contributed by atoms with Gasteiger partial charge in [-0.05, 0) is 46.5 Å². The zero-order chi connectivity index (χ0) is 14.0. The molecule has 0 bridgehead atoms. The minimum Gasteiger partial charge on any atom is -0.400 e. The van der Waals surface area contributed by atoms with E-state index >= 15 is 0 Å². The van der Waals surface area contributed by atoms with E-state index in [0.29, 0.717) is 6.42 Å². The Morgan fingerprint density at radius 3 is 1.78 bits per heavy atom.